The molecule has 1 heterocycles. The number of amides is 1. The van der Waals surface area contributed by atoms with Crippen molar-refractivity contribution in [1.82, 2.24) is 0 Å². The van der Waals surface area contributed by atoms with E-state index in [-0.39, 0.29) is 10.8 Å². The Labute approximate surface area is 172 Å². The lowest BCUT2D eigenvalue weighted by Gasteiger charge is -2.30. The van der Waals surface area contributed by atoms with Crippen molar-refractivity contribution in [2.75, 3.05) is 23.3 Å². The lowest BCUT2D eigenvalue weighted by Crippen LogP contribution is -2.36. The van der Waals surface area contributed by atoms with E-state index in [2.05, 4.69) is 18.6 Å². The van der Waals surface area contributed by atoms with E-state index in [1.807, 2.05) is 24.0 Å². The fraction of sp³-hybridized carbons (Fsp3) is 0.409. The van der Waals surface area contributed by atoms with Crippen LogP contribution in [-0.2, 0) is 21.2 Å². The third-order valence-electron chi connectivity index (χ3n) is 5.07. The monoisotopic (exact) mass is 416 g/mol. The maximum atomic E-state index is 12.9. The molecule has 1 aliphatic rings. The Morgan fingerprint density at radius 1 is 1.14 bits per heavy atom. The Hall–Kier alpha value is -2.54. The normalized spacial score (nSPS) is 14.1. The van der Waals surface area contributed by atoms with Crippen molar-refractivity contribution in [3.63, 3.8) is 0 Å². The van der Waals surface area contributed by atoms with Gasteiger partial charge in [0.15, 0.2) is 0 Å². The second-order valence-corrected chi connectivity index (χ2v) is 9.48. The highest BCUT2D eigenvalue weighted by atomic mass is 32.2. The largest absolute Gasteiger partial charge is 0.495 e. The van der Waals surface area contributed by atoms with Gasteiger partial charge in [0.1, 0.15) is 10.6 Å². The van der Waals surface area contributed by atoms with Crippen LogP contribution in [0.5, 0.6) is 5.75 Å². The first kappa shape index (κ1) is 21.2. The van der Waals surface area contributed by atoms with Crippen LogP contribution in [-0.4, -0.2) is 28.0 Å². The molecule has 156 valence electrons. The van der Waals surface area contributed by atoms with E-state index in [1.54, 1.807) is 24.3 Å². The molecule has 2 aromatic rings. The van der Waals surface area contributed by atoms with Crippen LogP contribution in [0.4, 0.5) is 11.4 Å². The minimum atomic E-state index is -3.81. The number of methoxy groups -OCH3 is 1. The Kier molecular flexibility index (Phi) is 6.17. The molecule has 0 unspecified atom stereocenters. The Balaban J connectivity index is 1.88. The maximum Gasteiger partial charge on any atom is 0.265 e. The molecule has 0 saturated carbocycles. The summed E-state index contributed by atoms with van der Waals surface area (Å²) in [6.07, 6.45) is 1.97. The standard InChI is InChI=1S/C22H28N2O4S/c1-15(2)11-12-24-19-8-7-18(14-17(19)6-10-22(24)25)23-29(26,27)21-13-16(3)5-9-20(21)28-4/h5,7-9,13-15,23H,6,10-12H2,1-4H3. The molecule has 6 nitrogen and oxygen atoms in total. The predicted molar refractivity (Wildman–Crippen MR) is 115 cm³/mol. The molecule has 0 bridgehead atoms. The third-order valence-corrected chi connectivity index (χ3v) is 6.47. The third kappa shape index (κ3) is 4.72. The number of rotatable bonds is 7. The number of hydrogen-bond donors (Lipinski definition) is 1. The molecule has 29 heavy (non-hydrogen) atoms. The van der Waals surface area contributed by atoms with Crippen LogP contribution < -0.4 is 14.4 Å². The topological polar surface area (TPSA) is 75.7 Å². The van der Waals surface area contributed by atoms with Crippen LogP contribution in [0.15, 0.2) is 41.3 Å². The fourth-order valence-electron chi connectivity index (χ4n) is 3.46. The quantitative estimate of drug-likeness (QED) is 0.736. The Morgan fingerprint density at radius 3 is 2.59 bits per heavy atom. The number of nitrogens with one attached hydrogen (secondary N) is 1. The van der Waals surface area contributed by atoms with Crippen LogP contribution in [0.3, 0.4) is 0 Å². The minimum Gasteiger partial charge on any atom is -0.495 e. The van der Waals surface area contributed by atoms with E-state index in [0.717, 1.165) is 23.2 Å². The predicted octanol–water partition coefficient (Wildman–Crippen LogP) is 4.13. The van der Waals surface area contributed by atoms with Gasteiger partial charge < -0.3 is 9.64 Å². The molecule has 0 aromatic heterocycles. The lowest BCUT2D eigenvalue weighted by atomic mass is 9.99. The van der Waals surface area contributed by atoms with Gasteiger partial charge in [-0.3, -0.25) is 9.52 Å². The molecule has 0 spiro atoms. The van der Waals surface area contributed by atoms with Crippen LogP contribution in [0.1, 0.15) is 37.8 Å². The van der Waals surface area contributed by atoms with Gasteiger partial charge in [-0.05, 0) is 67.1 Å². The average Bonchev–Trinajstić information content (AvgIpc) is 2.66. The number of carbonyl (C=O) groups excluding carboxylic acids is 1. The molecule has 1 N–H and O–H groups in total. The summed E-state index contributed by atoms with van der Waals surface area (Å²) in [6, 6.07) is 10.4. The average molecular weight is 417 g/mol. The van der Waals surface area contributed by atoms with Crippen molar-refractivity contribution in [3.05, 3.63) is 47.5 Å². The molecule has 2 aromatic carbocycles. The van der Waals surface area contributed by atoms with E-state index >= 15 is 0 Å². The van der Waals surface area contributed by atoms with E-state index in [1.165, 1.54) is 7.11 Å². The SMILES string of the molecule is COc1ccc(C)cc1S(=O)(=O)Nc1ccc2c(c1)CCC(=O)N2CCC(C)C. The maximum absolute atomic E-state index is 12.9. The molecule has 0 radical (unpaired) electrons. The molecule has 7 heteroatoms. The van der Waals surface area contributed by atoms with Gasteiger partial charge >= 0.3 is 0 Å². The van der Waals surface area contributed by atoms with Gasteiger partial charge in [0.05, 0.1) is 7.11 Å². The molecular formula is C22H28N2O4S. The van der Waals surface area contributed by atoms with Crippen molar-refractivity contribution in [3.8, 4) is 5.75 Å². The summed E-state index contributed by atoms with van der Waals surface area (Å²) < 4.78 is 33.8. The molecule has 1 amide bonds. The Bertz CT molecular complexity index is 1020. The molecule has 0 fully saturated rings. The lowest BCUT2D eigenvalue weighted by molar-refractivity contribution is -0.118. The van der Waals surface area contributed by atoms with Crippen LogP contribution >= 0.6 is 0 Å². The molecular weight excluding hydrogens is 388 g/mol. The minimum absolute atomic E-state index is 0.103. The molecule has 0 aliphatic carbocycles. The van der Waals surface area contributed by atoms with Gasteiger partial charge in [-0.15, -0.1) is 0 Å². The van der Waals surface area contributed by atoms with Crippen LogP contribution in [0, 0.1) is 12.8 Å². The summed E-state index contributed by atoms with van der Waals surface area (Å²) in [4.78, 5) is 14.3. The number of carbonyl (C=O) groups is 1. The number of sulfonamides is 1. The molecule has 0 atom stereocenters. The first-order chi connectivity index (χ1) is 13.7. The summed E-state index contributed by atoms with van der Waals surface area (Å²) >= 11 is 0. The van der Waals surface area contributed by atoms with Crippen molar-refractivity contribution < 1.29 is 17.9 Å². The first-order valence-corrected chi connectivity index (χ1v) is 11.3. The zero-order chi connectivity index (χ0) is 21.2. The number of fused-ring (bicyclic) bond motifs is 1. The number of aryl methyl sites for hydroxylation is 2. The summed E-state index contributed by atoms with van der Waals surface area (Å²) in [6.45, 7) is 6.77. The van der Waals surface area contributed by atoms with E-state index in [0.29, 0.717) is 36.7 Å². The van der Waals surface area contributed by atoms with Gasteiger partial charge in [-0.2, -0.15) is 0 Å². The summed E-state index contributed by atoms with van der Waals surface area (Å²) in [5.41, 5.74) is 3.16. The fourth-order valence-corrected chi connectivity index (χ4v) is 4.76. The van der Waals surface area contributed by atoms with Gasteiger partial charge in [-0.1, -0.05) is 19.9 Å². The van der Waals surface area contributed by atoms with E-state index in [9.17, 15) is 13.2 Å². The molecule has 3 rings (SSSR count). The number of benzene rings is 2. The zero-order valence-corrected chi connectivity index (χ0v) is 18.2. The summed E-state index contributed by atoms with van der Waals surface area (Å²) in [7, 11) is -2.36. The Morgan fingerprint density at radius 2 is 1.90 bits per heavy atom. The van der Waals surface area contributed by atoms with Crippen molar-refractivity contribution in [1.29, 1.82) is 0 Å². The molecule has 1 aliphatic heterocycles. The van der Waals surface area contributed by atoms with Gasteiger partial charge in [0.25, 0.3) is 10.0 Å². The highest BCUT2D eigenvalue weighted by Crippen LogP contribution is 2.32. The number of ether oxygens (including phenoxy) is 1. The molecule has 0 saturated heterocycles. The van der Waals surface area contributed by atoms with Crippen LogP contribution in [0.25, 0.3) is 0 Å². The van der Waals surface area contributed by atoms with E-state index < -0.39 is 10.0 Å². The van der Waals surface area contributed by atoms with E-state index in [4.69, 9.17) is 4.74 Å². The number of anilines is 2. The van der Waals surface area contributed by atoms with Gasteiger partial charge in [-0.25, -0.2) is 8.42 Å². The number of nitrogens with zero attached hydrogens (tertiary/aromatic N) is 1. The van der Waals surface area contributed by atoms with Gasteiger partial charge in [0.2, 0.25) is 5.91 Å². The van der Waals surface area contributed by atoms with Crippen molar-refractivity contribution in [2.24, 2.45) is 5.92 Å². The van der Waals surface area contributed by atoms with Gasteiger partial charge in [0, 0.05) is 24.3 Å². The second kappa shape index (κ2) is 8.45. The van der Waals surface area contributed by atoms with Crippen molar-refractivity contribution >= 4 is 27.3 Å². The van der Waals surface area contributed by atoms with Crippen molar-refractivity contribution in [2.45, 2.75) is 44.9 Å². The summed E-state index contributed by atoms with van der Waals surface area (Å²) in [5, 5.41) is 0. The highest BCUT2D eigenvalue weighted by molar-refractivity contribution is 7.92. The zero-order valence-electron chi connectivity index (χ0n) is 17.4. The highest BCUT2D eigenvalue weighted by Gasteiger charge is 2.25. The van der Waals surface area contributed by atoms with Crippen LogP contribution in [0.2, 0.25) is 0 Å². The summed E-state index contributed by atoms with van der Waals surface area (Å²) in [5.74, 6) is 0.922. The first-order valence-electron chi connectivity index (χ1n) is 9.82. The second-order valence-electron chi connectivity index (χ2n) is 7.83. The smallest absolute Gasteiger partial charge is 0.265 e. The number of hydrogen-bond acceptors (Lipinski definition) is 4.